The summed E-state index contributed by atoms with van der Waals surface area (Å²) in [4.78, 5) is 0. The van der Waals surface area contributed by atoms with Gasteiger partial charge in [-0.2, -0.15) is 0 Å². The van der Waals surface area contributed by atoms with Gasteiger partial charge in [-0.25, -0.2) is 0 Å². The third-order valence-electron chi connectivity index (χ3n) is 3.25. The van der Waals surface area contributed by atoms with E-state index in [4.69, 9.17) is 16.3 Å². The lowest BCUT2D eigenvalue weighted by Crippen LogP contribution is -2.18. The van der Waals surface area contributed by atoms with Crippen LogP contribution in [0.1, 0.15) is 37.9 Å². The third-order valence-corrected chi connectivity index (χ3v) is 3.49. The van der Waals surface area contributed by atoms with Crippen LogP contribution in [0.2, 0.25) is 5.02 Å². The minimum atomic E-state index is 0.203. The highest BCUT2D eigenvalue weighted by atomic mass is 35.5. The standard InChI is InChI=1S/C18H22ClNO/c1-13(2)21-18-9-7-16(8-10-18)14(3)20-12-15-5-4-6-17(19)11-15/h4-11,13-14,20H,12H2,1-3H3. The van der Waals surface area contributed by atoms with E-state index in [0.29, 0.717) is 0 Å². The first-order valence-corrected chi connectivity index (χ1v) is 7.67. The summed E-state index contributed by atoms with van der Waals surface area (Å²) in [5.74, 6) is 0.913. The molecular formula is C18H22ClNO. The molecule has 0 saturated carbocycles. The maximum atomic E-state index is 5.99. The normalized spacial score (nSPS) is 12.4. The Bertz CT molecular complexity index is 566. The predicted molar refractivity (Wildman–Crippen MR) is 88.9 cm³/mol. The average molecular weight is 304 g/mol. The molecule has 2 aromatic rings. The number of halogens is 1. The molecule has 1 atom stereocenters. The zero-order valence-corrected chi connectivity index (χ0v) is 13.5. The fraction of sp³-hybridized carbons (Fsp3) is 0.333. The first-order chi connectivity index (χ1) is 10.0. The van der Waals surface area contributed by atoms with Gasteiger partial charge in [0.1, 0.15) is 5.75 Å². The van der Waals surface area contributed by atoms with Crippen molar-refractivity contribution in [2.75, 3.05) is 0 Å². The molecule has 0 fully saturated rings. The summed E-state index contributed by atoms with van der Waals surface area (Å²) in [6, 6.07) is 16.5. The summed E-state index contributed by atoms with van der Waals surface area (Å²) in [5, 5.41) is 4.28. The van der Waals surface area contributed by atoms with Crippen LogP contribution in [0.25, 0.3) is 0 Å². The van der Waals surface area contributed by atoms with Crippen LogP contribution in [0.5, 0.6) is 5.75 Å². The van der Waals surface area contributed by atoms with Gasteiger partial charge in [0.15, 0.2) is 0 Å². The predicted octanol–water partition coefficient (Wildman–Crippen LogP) is 4.98. The summed E-state index contributed by atoms with van der Waals surface area (Å²) >= 11 is 5.99. The highest BCUT2D eigenvalue weighted by Crippen LogP contribution is 2.19. The Labute approximate surface area is 132 Å². The van der Waals surface area contributed by atoms with Gasteiger partial charge in [0.2, 0.25) is 0 Å². The number of nitrogens with one attached hydrogen (secondary N) is 1. The van der Waals surface area contributed by atoms with Crippen LogP contribution in [0, 0.1) is 0 Å². The van der Waals surface area contributed by atoms with Gasteiger partial charge in [0.05, 0.1) is 6.10 Å². The minimum Gasteiger partial charge on any atom is -0.491 e. The quantitative estimate of drug-likeness (QED) is 0.813. The summed E-state index contributed by atoms with van der Waals surface area (Å²) in [6.45, 7) is 7.01. The van der Waals surface area contributed by atoms with Crippen LogP contribution >= 0.6 is 11.6 Å². The summed E-state index contributed by atoms with van der Waals surface area (Å²) in [7, 11) is 0. The van der Waals surface area contributed by atoms with Crippen LogP contribution in [0.15, 0.2) is 48.5 Å². The molecule has 0 aromatic heterocycles. The zero-order valence-electron chi connectivity index (χ0n) is 12.8. The van der Waals surface area contributed by atoms with E-state index in [9.17, 15) is 0 Å². The van der Waals surface area contributed by atoms with Crippen molar-refractivity contribution in [3.05, 3.63) is 64.7 Å². The van der Waals surface area contributed by atoms with Crippen molar-refractivity contribution >= 4 is 11.6 Å². The van der Waals surface area contributed by atoms with E-state index in [2.05, 4.69) is 30.4 Å². The van der Waals surface area contributed by atoms with Crippen LogP contribution in [-0.4, -0.2) is 6.10 Å². The molecule has 1 unspecified atom stereocenters. The molecule has 0 spiro atoms. The van der Waals surface area contributed by atoms with E-state index in [-0.39, 0.29) is 12.1 Å². The molecule has 21 heavy (non-hydrogen) atoms. The van der Waals surface area contributed by atoms with Crippen LogP contribution in [-0.2, 0) is 6.54 Å². The molecule has 1 N–H and O–H groups in total. The van der Waals surface area contributed by atoms with Gasteiger partial charge < -0.3 is 10.1 Å². The SMILES string of the molecule is CC(C)Oc1ccc(C(C)NCc2cccc(Cl)c2)cc1. The molecule has 0 bridgehead atoms. The molecule has 2 nitrogen and oxygen atoms in total. The van der Waals surface area contributed by atoms with Crippen LogP contribution < -0.4 is 10.1 Å². The molecule has 0 aliphatic rings. The second-order valence-electron chi connectivity index (χ2n) is 5.47. The van der Waals surface area contributed by atoms with Gasteiger partial charge >= 0.3 is 0 Å². The lowest BCUT2D eigenvalue weighted by molar-refractivity contribution is 0.242. The van der Waals surface area contributed by atoms with Crippen molar-refractivity contribution in [2.24, 2.45) is 0 Å². The van der Waals surface area contributed by atoms with Crippen LogP contribution in [0.3, 0.4) is 0 Å². The molecule has 0 radical (unpaired) electrons. The number of rotatable bonds is 6. The largest absolute Gasteiger partial charge is 0.491 e. The van der Waals surface area contributed by atoms with Crippen LogP contribution in [0.4, 0.5) is 0 Å². The smallest absolute Gasteiger partial charge is 0.119 e. The summed E-state index contributed by atoms with van der Waals surface area (Å²) in [5.41, 5.74) is 2.43. The zero-order chi connectivity index (χ0) is 15.2. The Hall–Kier alpha value is -1.51. The van der Waals surface area contributed by atoms with Crippen molar-refractivity contribution in [3.8, 4) is 5.75 Å². The maximum absolute atomic E-state index is 5.99. The van der Waals surface area contributed by atoms with Gasteiger partial charge in [-0.1, -0.05) is 35.9 Å². The Balaban J connectivity index is 1.92. The lowest BCUT2D eigenvalue weighted by atomic mass is 10.1. The lowest BCUT2D eigenvalue weighted by Gasteiger charge is -2.16. The number of benzene rings is 2. The first-order valence-electron chi connectivity index (χ1n) is 7.29. The minimum absolute atomic E-state index is 0.203. The molecule has 2 aromatic carbocycles. The van der Waals surface area contributed by atoms with Crippen molar-refractivity contribution in [1.82, 2.24) is 5.32 Å². The first kappa shape index (κ1) is 15.9. The average Bonchev–Trinajstić information content (AvgIpc) is 2.45. The van der Waals surface area contributed by atoms with E-state index in [1.807, 2.05) is 44.2 Å². The van der Waals surface area contributed by atoms with Gasteiger partial charge in [-0.3, -0.25) is 0 Å². The van der Waals surface area contributed by atoms with Gasteiger partial charge in [0, 0.05) is 17.6 Å². The molecule has 3 heteroatoms. The van der Waals surface area contributed by atoms with Crippen molar-refractivity contribution in [1.29, 1.82) is 0 Å². The topological polar surface area (TPSA) is 21.3 Å². The Kier molecular flexibility index (Phi) is 5.66. The fourth-order valence-corrected chi connectivity index (χ4v) is 2.36. The number of hydrogen-bond donors (Lipinski definition) is 1. The van der Waals surface area contributed by atoms with E-state index in [1.54, 1.807) is 0 Å². The van der Waals surface area contributed by atoms with Gasteiger partial charge in [-0.15, -0.1) is 0 Å². The molecule has 0 aliphatic carbocycles. The molecular weight excluding hydrogens is 282 g/mol. The summed E-state index contributed by atoms with van der Waals surface area (Å²) in [6.07, 6.45) is 0.203. The highest BCUT2D eigenvalue weighted by Gasteiger charge is 2.06. The molecule has 0 aliphatic heterocycles. The second kappa shape index (κ2) is 7.48. The van der Waals surface area contributed by atoms with E-state index < -0.39 is 0 Å². The molecule has 0 saturated heterocycles. The van der Waals surface area contributed by atoms with Crippen molar-refractivity contribution in [2.45, 2.75) is 39.5 Å². The van der Waals surface area contributed by atoms with E-state index >= 15 is 0 Å². The van der Waals surface area contributed by atoms with E-state index in [1.165, 1.54) is 11.1 Å². The Morgan fingerprint density at radius 1 is 1.05 bits per heavy atom. The second-order valence-corrected chi connectivity index (χ2v) is 5.90. The molecule has 0 amide bonds. The Morgan fingerprint density at radius 3 is 2.38 bits per heavy atom. The monoisotopic (exact) mass is 303 g/mol. The molecule has 0 heterocycles. The van der Waals surface area contributed by atoms with Gasteiger partial charge in [0.25, 0.3) is 0 Å². The van der Waals surface area contributed by atoms with Crippen molar-refractivity contribution < 1.29 is 4.74 Å². The third kappa shape index (κ3) is 5.07. The number of ether oxygens (including phenoxy) is 1. The Morgan fingerprint density at radius 2 is 1.76 bits per heavy atom. The number of hydrogen-bond acceptors (Lipinski definition) is 2. The molecule has 2 rings (SSSR count). The maximum Gasteiger partial charge on any atom is 0.119 e. The highest BCUT2D eigenvalue weighted by molar-refractivity contribution is 6.30. The van der Waals surface area contributed by atoms with Gasteiger partial charge in [-0.05, 0) is 56.2 Å². The van der Waals surface area contributed by atoms with Crippen molar-refractivity contribution in [3.63, 3.8) is 0 Å². The fourth-order valence-electron chi connectivity index (χ4n) is 2.14. The summed E-state index contributed by atoms with van der Waals surface area (Å²) < 4.78 is 5.66. The molecule has 112 valence electrons. The van der Waals surface area contributed by atoms with E-state index in [0.717, 1.165) is 17.3 Å².